The van der Waals surface area contributed by atoms with Gasteiger partial charge >= 0.3 is 12.2 Å². The molecule has 0 amide bonds. The lowest BCUT2D eigenvalue weighted by Crippen LogP contribution is -2.52. The van der Waals surface area contributed by atoms with Crippen LogP contribution in [-0.2, 0) is 0 Å². The van der Waals surface area contributed by atoms with Gasteiger partial charge in [-0.05, 0) is 12.8 Å². The molecule has 0 aliphatic heterocycles. The Morgan fingerprint density at radius 3 is 1.43 bits per heavy atom. The van der Waals surface area contributed by atoms with Gasteiger partial charge in [0.1, 0.15) is 0 Å². The monoisotopic (exact) mass is 219 g/mol. The van der Waals surface area contributed by atoms with Gasteiger partial charge in [-0.1, -0.05) is 13.8 Å². The second-order valence-corrected chi connectivity index (χ2v) is 3.03. The highest BCUT2D eigenvalue weighted by Gasteiger charge is 2.60. The molecule has 1 nitrogen and oxygen atoms in total. The van der Waals surface area contributed by atoms with Crippen molar-refractivity contribution in [3.8, 4) is 0 Å². The van der Waals surface area contributed by atoms with Crippen molar-refractivity contribution in [1.82, 2.24) is 4.90 Å². The highest BCUT2D eigenvalue weighted by Crippen LogP contribution is 2.38. The maximum Gasteiger partial charge on any atom is 0.469 e. The van der Waals surface area contributed by atoms with Gasteiger partial charge in [-0.25, -0.2) is 4.90 Å². The van der Waals surface area contributed by atoms with E-state index in [2.05, 4.69) is 0 Å². The van der Waals surface area contributed by atoms with Crippen molar-refractivity contribution in [1.29, 1.82) is 0 Å². The molecular weight excluding hydrogens is 205 g/mol. The highest BCUT2D eigenvalue weighted by atomic mass is 19.4. The minimum absolute atomic E-state index is 0.174. The molecule has 0 aromatic rings. The molecule has 0 bridgehead atoms. The van der Waals surface area contributed by atoms with Crippen LogP contribution >= 0.6 is 0 Å². The van der Waals surface area contributed by atoms with Crippen LogP contribution in [0.3, 0.4) is 0 Å². The molecule has 0 saturated heterocycles. The Morgan fingerprint density at radius 2 is 1.21 bits per heavy atom. The predicted molar refractivity (Wildman–Crippen MR) is 43.2 cm³/mol. The molecule has 86 valence electrons. The van der Waals surface area contributed by atoms with Crippen molar-refractivity contribution in [3.05, 3.63) is 0 Å². The van der Waals surface area contributed by atoms with Crippen molar-refractivity contribution in [2.24, 2.45) is 0 Å². The lowest BCUT2D eigenvalue weighted by atomic mass is 10.3. The summed E-state index contributed by atoms with van der Waals surface area (Å²) < 4.78 is 61.4. The van der Waals surface area contributed by atoms with Gasteiger partial charge in [0.25, 0.3) is 0 Å². The number of nitrogens with zero attached hydrogens (tertiary/aromatic N) is 1. The summed E-state index contributed by atoms with van der Waals surface area (Å²) in [7, 11) is 0. The van der Waals surface area contributed by atoms with Gasteiger partial charge in [0.2, 0.25) is 0 Å². The van der Waals surface area contributed by atoms with E-state index in [1.54, 1.807) is 13.8 Å². The Bertz CT molecular complexity index is 160. The molecule has 0 aromatic carbocycles. The topological polar surface area (TPSA) is 3.24 Å². The Hall–Kier alpha value is -0.390. The molecule has 0 aromatic heterocycles. The van der Waals surface area contributed by atoms with E-state index in [4.69, 9.17) is 0 Å². The van der Waals surface area contributed by atoms with E-state index in [1.165, 1.54) is 0 Å². The highest BCUT2D eigenvalue weighted by molar-refractivity contribution is 4.76. The normalized spacial score (nSPS) is 13.7. The molecular formula is C8H14F5N. The van der Waals surface area contributed by atoms with Gasteiger partial charge < -0.3 is 0 Å². The summed E-state index contributed by atoms with van der Waals surface area (Å²) in [6.45, 7) is 2.63. The summed E-state index contributed by atoms with van der Waals surface area (Å²) in [4.78, 5) is 0.174. The summed E-state index contributed by atoms with van der Waals surface area (Å²) >= 11 is 0. The van der Waals surface area contributed by atoms with Crippen molar-refractivity contribution < 1.29 is 22.0 Å². The van der Waals surface area contributed by atoms with Gasteiger partial charge in [-0.3, -0.25) is 0 Å². The van der Waals surface area contributed by atoms with Crippen molar-refractivity contribution in [3.63, 3.8) is 0 Å². The summed E-state index contributed by atoms with van der Waals surface area (Å²) in [6, 6.07) is -4.71. The second-order valence-electron chi connectivity index (χ2n) is 3.03. The Kier molecular flexibility index (Phi) is 4.77. The molecule has 0 aliphatic carbocycles. The Balaban J connectivity index is 4.61. The zero-order chi connectivity index (χ0) is 11.4. The molecule has 0 heterocycles. The van der Waals surface area contributed by atoms with E-state index in [0.29, 0.717) is 0 Å². The first-order chi connectivity index (χ1) is 6.27. The van der Waals surface area contributed by atoms with Crippen molar-refractivity contribution in [2.45, 2.75) is 38.9 Å². The number of alkyl halides is 5. The minimum atomic E-state index is -5.49. The fourth-order valence-corrected chi connectivity index (χ4v) is 1.11. The average Bonchev–Trinajstić information content (AvgIpc) is 2.02. The summed E-state index contributed by atoms with van der Waals surface area (Å²) in [5.74, 6) is 0. The zero-order valence-corrected chi connectivity index (χ0v) is 8.17. The van der Waals surface area contributed by atoms with E-state index < -0.39 is 12.2 Å². The molecule has 14 heavy (non-hydrogen) atoms. The third-order valence-corrected chi connectivity index (χ3v) is 1.73. The van der Waals surface area contributed by atoms with Crippen LogP contribution in [-0.4, -0.2) is 30.2 Å². The van der Waals surface area contributed by atoms with Crippen LogP contribution in [0.15, 0.2) is 0 Å². The van der Waals surface area contributed by atoms with Crippen LogP contribution in [0.5, 0.6) is 0 Å². The smallest absolute Gasteiger partial charge is 0.237 e. The Labute approximate surface area is 79.9 Å². The van der Waals surface area contributed by atoms with Crippen molar-refractivity contribution in [2.75, 3.05) is 13.1 Å². The standard InChI is InChI=1S/C8H14F5N/c1-3-5-14(6-4-2)8(12,13)7(9,10)11/h3-6H2,1-2H3. The lowest BCUT2D eigenvalue weighted by Gasteiger charge is -2.31. The lowest BCUT2D eigenvalue weighted by molar-refractivity contribution is -0.340. The molecule has 0 fully saturated rings. The molecule has 0 rings (SSSR count). The maximum atomic E-state index is 12.8. The molecule has 0 radical (unpaired) electrons. The molecule has 6 heteroatoms. The van der Waals surface area contributed by atoms with Crippen LogP contribution in [0.1, 0.15) is 26.7 Å². The van der Waals surface area contributed by atoms with E-state index in [-0.39, 0.29) is 30.8 Å². The first-order valence-corrected chi connectivity index (χ1v) is 4.47. The van der Waals surface area contributed by atoms with Gasteiger partial charge in [0.05, 0.1) is 0 Å². The SMILES string of the molecule is CCCN(CCC)C(F)(F)C(F)(F)F. The first-order valence-electron chi connectivity index (χ1n) is 4.47. The van der Waals surface area contributed by atoms with E-state index in [9.17, 15) is 22.0 Å². The molecule has 0 N–H and O–H groups in total. The van der Waals surface area contributed by atoms with Gasteiger partial charge in [0, 0.05) is 13.1 Å². The fraction of sp³-hybridized carbons (Fsp3) is 1.00. The number of rotatable bonds is 5. The number of halogens is 5. The van der Waals surface area contributed by atoms with E-state index in [1.807, 2.05) is 0 Å². The average molecular weight is 219 g/mol. The third-order valence-electron chi connectivity index (χ3n) is 1.73. The summed E-state index contributed by atoms with van der Waals surface area (Å²) in [6.07, 6.45) is -4.95. The molecule has 0 unspecified atom stereocenters. The van der Waals surface area contributed by atoms with Crippen LogP contribution in [0.2, 0.25) is 0 Å². The number of hydrogen-bond donors (Lipinski definition) is 0. The molecule has 0 atom stereocenters. The van der Waals surface area contributed by atoms with Crippen LogP contribution < -0.4 is 0 Å². The zero-order valence-electron chi connectivity index (χ0n) is 8.17. The van der Waals surface area contributed by atoms with Crippen LogP contribution in [0.25, 0.3) is 0 Å². The van der Waals surface area contributed by atoms with Gasteiger partial charge in [-0.2, -0.15) is 22.0 Å². The quantitative estimate of drug-likeness (QED) is 0.506. The minimum Gasteiger partial charge on any atom is -0.237 e. The molecule has 0 spiro atoms. The van der Waals surface area contributed by atoms with E-state index in [0.717, 1.165) is 0 Å². The fourth-order valence-electron chi connectivity index (χ4n) is 1.11. The predicted octanol–water partition coefficient (Wildman–Crippen LogP) is 3.26. The number of hydrogen-bond acceptors (Lipinski definition) is 1. The van der Waals surface area contributed by atoms with Gasteiger partial charge in [0.15, 0.2) is 0 Å². The summed E-state index contributed by atoms with van der Waals surface area (Å²) in [5.41, 5.74) is 0. The van der Waals surface area contributed by atoms with E-state index >= 15 is 0 Å². The molecule has 0 saturated carbocycles. The van der Waals surface area contributed by atoms with Gasteiger partial charge in [-0.15, -0.1) is 0 Å². The van der Waals surface area contributed by atoms with Crippen LogP contribution in [0, 0.1) is 0 Å². The second kappa shape index (κ2) is 4.91. The molecule has 0 aliphatic rings. The summed E-state index contributed by atoms with van der Waals surface area (Å²) in [5, 5.41) is 0. The third kappa shape index (κ3) is 3.08. The first kappa shape index (κ1) is 13.6. The Morgan fingerprint density at radius 1 is 0.857 bits per heavy atom. The van der Waals surface area contributed by atoms with Crippen LogP contribution in [0.4, 0.5) is 22.0 Å². The van der Waals surface area contributed by atoms with Crippen molar-refractivity contribution >= 4 is 0 Å². The largest absolute Gasteiger partial charge is 0.469 e. The maximum absolute atomic E-state index is 12.8.